The highest BCUT2D eigenvalue weighted by molar-refractivity contribution is 6.27. The lowest BCUT2D eigenvalue weighted by Gasteiger charge is -2.19. The maximum absolute atomic E-state index is 6.52. The first kappa shape index (κ1) is 26.8. The van der Waals surface area contributed by atoms with E-state index in [9.17, 15) is 0 Å². The summed E-state index contributed by atoms with van der Waals surface area (Å²) in [4.78, 5) is 0. The van der Waals surface area contributed by atoms with Crippen molar-refractivity contribution in [3.8, 4) is 28.0 Å². The predicted octanol–water partition coefficient (Wildman–Crippen LogP) is 10.9. The fourth-order valence-corrected chi connectivity index (χ4v) is 8.79. The van der Waals surface area contributed by atoms with Crippen molar-refractivity contribution in [1.29, 1.82) is 0 Å². The summed E-state index contributed by atoms with van der Waals surface area (Å²) in [5, 5.41) is 15.4. The zero-order chi connectivity index (χ0) is 32.1. The molecule has 228 valence electrons. The van der Waals surface area contributed by atoms with Crippen molar-refractivity contribution in [2.75, 3.05) is 0 Å². The summed E-state index contributed by atoms with van der Waals surface area (Å²) in [6.45, 7) is 0. The molecular weight excluding hydrogens is 593 g/mol. The molecule has 2 aliphatic rings. The third-order valence-corrected chi connectivity index (χ3v) is 10.9. The van der Waals surface area contributed by atoms with E-state index in [0.717, 1.165) is 5.75 Å². The highest BCUT2D eigenvalue weighted by Crippen LogP contribution is 2.48. The van der Waals surface area contributed by atoms with Crippen LogP contribution in [0.5, 0.6) is 5.75 Å². The Labute approximate surface area is 283 Å². The first-order chi connectivity index (χ1) is 24.3. The van der Waals surface area contributed by atoms with Crippen molar-refractivity contribution < 1.29 is 4.74 Å². The van der Waals surface area contributed by atoms with Crippen LogP contribution in [0.15, 0.2) is 158 Å². The van der Waals surface area contributed by atoms with Crippen LogP contribution in [-0.4, -0.2) is 6.10 Å². The molecule has 2 unspecified atom stereocenters. The third-order valence-electron chi connectivity index (χ3n) is 10.9. The van der Waals surface area contributed by atoms with E-state index in [1.54, 1.807) is 0 Å². The van der Waals surface area contributed by atoms with Crippen LogP contribution in [0.1, 0.15) is 11.5 Å². The minimum atomic E-state index is 0.0251. The zero-order valence-electron chi connectivity index (χ0n) is 26.7. The minimum Gasteiger partial charge on any atom is -0.485 e. The Hall–Kier alpha value is -6.18. The zero-order valence-corrected chi connectivity index (χ0v) is 26.7. The second-order valence-electron chi connectivity index (χ2n) is 13.5. The van der Waals surface area contributed by atoms with Gasteiger partial charge in [0.25, 0.3) is 0 Å². The second-order valence-corrected chi connectivity index (χ2v) is 13.5. The number of hydrogen-bond donors (Lipinski definition) is 0. The van der Waals surface area contributed by atoms with Gasteiger partial charge in [0.1, 0.15) is 11.9 Å². The monoisotopic (exact) mass is 622 g/mol. The van der Waals surface area contributed by atoms with Crippen LogP contribution in [0.25, 0.3) is 88.3 Å². The molecule has 1 heteroatoms. The molecule has 0 saturated heterocycles. The lowest BCUT2D eigenvalue weighted by atomic mass is 9.83. The Balaban J connectivity index is 1.17. The lowest BCUT2D eigenvalue weighted by Crippen LogP contribution is -2.34. The summed E-state index contributed by atoms with van der Waals surface area (Å²) >= 11 is 0. The average Bonchev–Trinajstić information content (AvgIpc) is 3.52. The number of benzene rings is 9. The molecule has 1 aliphatic heterocycles. The van der Waals surface area contributed by atoms with Crippen LogP contribution in [0.3, 0.4) is 0 Å². The molecule has 9 aromatic carbocycles. The smallest absolute Gasteiger partial charge is 0.128 e. The molecule has 0 radical (unpaired) electrons. The van der Waals surface area contributed by atoms with Crippen LogP contribution < -0.4 is 15.2 Å². The molecule has 0 bridgehead atoms. The van der Waals surface area contributed by atoms with E-state index in [1.165, 1.54) is 92.1 Å². The van der Waals surface area contributed by atoms with Crippen molar-refractivity contribution in [3.05, 3.63) is 174 Å². The van der Waals surface area contributed by atoms with Crippen molar-refractivity contribution in [2.24, 2.45) is 0 Å². The van der Waals surface area contributed by atoms with Crippen LogP contribution in [0, 0.1) is 0 Å². The molecule has 0 saturated carbocycles. The quantitative estimate of drug-likeness (QED) is 0.138. The maximum Gasteiger partial charge on any atom is 0.128 e. The second kappa shape index (κ2) is 10.2. The Morgan fingerprint density at radius 3 is 1.35 bits per heavy atom. The Morgan fingerprint density at radius 1 is 0.347 bits per heavy atom. The fraction of sp³-hybridized carbons (Fsp3) is 0.0417. The molecule has 0 spiro atoms. The van der Waals surface area contributed by atoms with E-state index in [-0.39, 0.29) is 12.0 Å². The molecule has 1 aliphatic carbocycles. The average molecular weight is 623 g/mol. The van der Waals surface area contributed by atoms with Gasteiger partial charge in [-0.15, -0.1) is 0 Å². The Kier molecular flexibility index (Phi) is 5.57. The van der Waals surface area contributed by atoms with Gasteiger partial charge in [-0.2, -0.15) is 0 Å². The van der Waals surface area contributed by atoms with Gasteiger partial charge in [0, 0.05) is 11.5 Å². The number of ether oxygens (including phenoxy) is 1. The molecule has 11 rings (SSSR count). The molecule has 49 heavy (non-hydrogen) atoms. The van der Waals surface area contributed by atoms with E-state index in [0.29, 0.717) is 0 Å². The van der Waals surface area contributed by atoms with Crippen molar-refractivity contribution in [1.82, 2.24) is 0 Å². The van der Waals surface area contributed by atoms with Crippen LogP contribution in [0.4, 0.5) is 0 Å². The molecule has 9 aromatic rings. The van der Waals surface area contributed by atoms with Crippen LogP contribution in [-0.2, 0) is 0 Å². The van der Waals surface area contributed by atoms with E-state index in [1.807, 2.05) is 0 Å². The van der Waals surface area contributed by atoms with Gasteiger partial charge in [-0.3, -0.25) is 0 Å². The molecular formula is C48H30O. The van der Waals surface area contributed by atoms with E-state index in [4.69, 9.17) is 4.74 Å². The molecule has 0 fully saturated rings. The van der Waals surface area contributed by atoms with Gasteiger partial charge < -0.3 is 4.74 Å². The largest absolute Gasteiger partial charge is 0.485 e. The van der Waals surface area contributed by atoms with Crippen molar-refractivity contribution in [2.45, 2.75) is 12.0 Å². The predicted molar refractivity (Wildman–Crippen MR) is 207 cm³/mol. The summed E-state index contributed by atoms with van der Waals surface area (Å²) in [6.07, 6.45) is 4.70. The lowest BCUT2D eigenvalue weighted by molar-refractivity contribution is 0.288. The topological polar surface area (TPSA) is 9.23 Å². The van der Waals surface area contributed by atoms with Gasteiger partial charge in [0.15, 0.2) is 0 Å². The minimum absolute atomic E-state index is 0.0251. The van der Waals surface area contributed by atoms with Gasteiger partial charge in [-0.05, 0) is 111 Å². The van der Waals surface area contributed by atoms with Crippen LogP contribution >= 0.6 is 0 Å². The third kappa shape index (κ3) is 3.87. The summed E-state index contributed by atoms with van der Waals surface area (Å²) in [6, 6.07) is 58.1. The molecule has 0 amide bonds. The number of fused-ring (bicyclic) bond motifs is 12. The van der Waals surface area contributed by atoms with Gasteiger partial charge in [0.05, 0.1) is 0 Å². The van der Waals surface area contributed by atoms with Gasteiger partial charge in [0.2, 0.25) is 0 Å². The maximum atomic E-state index is 6.52. The van der Waals surface area contributed by atoms with Crippen molar-refractivity contribution >= 4 is 66.0 Å². The SMILES string of the molecule is C1=c2ccccc2=CC2c3cc(-c4c5ccccc5c(-c5ccc6c7ccccc7c7ccccc7c6c5)c5ccccc45)ccc3OC12. The molecule has 0 aromatic heterocycles. The summed E-state index contributed by atoms with van der Waals surface area (Å²) in [7, 11) is 0. The Bertz CT molecular complexity index is 2890. The number of hydrogen-bond acceptors (Lipinski definition) is 1. The summed E-state index contributed by atoms with van der Waals surface area (Å²) in [5.74, 6) is 1.19. The first-order valence-electron chi connectivity index (χ1n) is 17.2. The Morgan fingerprint density at radius 2 is 0.776 bits per heavy atom. The highest BCUT2D eigenvalue weighted by atomic mass is 16.5. The highest BCUT2D eigenvalue weighted by Gasteiger charge is 2.33. The van der Waals surface area contributed by atoms with Crippen molar-refractivity contribution in [3.63, 3.8) is 0 Å². The van der Waals surface area contributed by atoms with Gasteiger partial charge >= 0.3 is 0 Å². The molecule has 2 atom stereocenters. The molecule has 1 heterocycles. The summed E-state index contributed by atoms with van der Waals surface area (Å²) in [5.41, 5.74) is 6.29. The normalized spacial score (nSPS) is 16.2. The van der Waals surface area contributed by atoms with Gasteiger partial charge in [-0.25, -0.2) is 0 Å². The van der Waals surface area contributed by atoms with E-state index >= 15 is 0 Å². The standard InChI is InChI=1S/C48H30O/c1-2-12-30-28-46-44(25-29(30)11-1)43-27-32(22-24-45(43)49-46)48-40-19-9-7-17-38(40)47(39-18-8-10-20-41(39)48)31-21-23-37-35-15-4-3-13-33(35)34-14-5-6-16-36(34)42(37)26-31/h1-28,44,46H. The molecule has 1 nitrogen and oxygen atoms in total. The first-order valence-corrected chi connectivity index (χ1v) is 17.2. The molecule has 0 N–H and O–H groups in total. The van der Waals surface area contributed by atoms with E-state index in [2.05, 4.69) is 170 Å². The van der Waals surface area contributed by atoms with Crippen LogP contribution in [0.2, 0.25) is 0 Å². The van der Waals surface area contributed by atoms with E-state index < -0.39 is 0 Å². The summed E-state index contributed by atoms with van der Waals surface area (Å²) < 4.78 is 6.52. The number of rotatable bonds is 2. The van der Waals surface area contributed by atoms with Gasteiger partial charge in [-0.1, -0.05) is 146 Å². The fourth-order valence-electron chi connectivity index (χ4n) is 8.79.